The quantitative estimate of drug-likeness (QED) is 0.242. The first-order chi connectivity index (χ1) is 19.5. The lowest BCUT2D eigenvalue weighted by molar-refractivity contribution is -0.136. The van der Waals surface area contributed by atoms with Gasteiger partial charge in [0.15, 0.2) is 0 Å². The van der Waals surface area contributed by atoms with Crippen LogP contribution in [0.15, 0.2) is 89.8 Å². The summed E-state index contributed by atoms with van der Waals surface area (Å²) in [6.45, 7) is 1.07. The van der Waals surface area contributed by atoms with E-state index in [4.69, 9.17) is 16.3 Å². The van der Waals surface area contributed by atoms with Crippen molar-refractivity contribution >= 4 is 57.3 Å². The monoisotopic (exact) mass is 568 g/mol. The minimum Gasteiger partial charge on any atom is -0.488 e. The molecule has 6 nitrogen and oxygen atoms in total. The maximum absolute atomic E-state index is 13.4. The Morgan fingerprint density at radius 3 is 2.50 bits per heavy atom. The zero-order valence-corrected chi connectivity index (χ0v) is 23.1. The fourth-order valence-corrected chi connectivity index (χ4v) is 5.95. The van der Waals surface area contributed by atoms with Gasteiger partial charge in [0.1, 0.15) is 18.9 Å². The predicted octanol–water partition coefficient (Wildman–Crippen LogP) is 6.69. The van der Waals surface area contributed by atoms with Crippen LogP contribution in [0.2, 0.25) is 5.02 Å². The Labute approximate surface area is 241 Å². The standard InChI is InChI=1S/C32H25ClN2O4S/c33-25-12-9-21(10-13-25)20-39-28-14-11-23-6-3-4-8-26(23)27(28)17-29-31(37)35(32(38)40-29)19-30(36)34-16-15-22-5-1-2-7-24(22)18-34/h1-14,17H,15-16,18-20H2/b29-17+. The number of nitrogens with zero attached hydrogens (tertiary/aromatic N) is 2. The van der Waals surface area contributed by atoms with Gasteiger partial charge in [-0.1, -0.05) is 78.3 Å². The van der Waals surface area contributed by atoms with E-state index in [1.54, 1.807) is 11.0 Å². The first-order valence-corrected chi connectivity index (χ1v) is 14.1. The largest absolute Gasteiger partial charge is 0.488 e. The molecule has 2 aliphatic heterocycles. The van der Waals surface area contributed by atoms with E-state index in [9.17, 15) is 14.4 Å². The van der Waals surface area contributed by atoms with Crippen LogP contribution in [0.1, 0.15) is 22.3 Å². The molecule has 0 aromatic heterocycles. The van der Waals surface area contributed by atoms with Crippen LogP contribution in [0.4, 0.5) is 4.79 Å². The van der Waals surface area contributed by atoms with Gasteiger partial charge in [0.25, 0.3) is 11.1 Å². The van der Waals surface area contributed by atoms with Crippen molar-refractivity contribution in [3.63, 3.8) is 0 Å². The number of benzene rings is 4. The first-order valence-electron chi connectivity index (χ1n) is 13.0. The minimum absolute atomic E-state index is 0.241. The highest BCUT2D eigenvalue weighted by Crippen LogP contribution is 2.37. The first kappa shape index (κ1) is 26.2. The van der Waals surface area contributed by atoms with Gasteiger partial charge in [-0.3, -0.25) is 19.3 Å². The molecule has 6 rings (SSSR count). The van der Waals surface area contributed by atoms with E-state index in [-0.39, 0.29) is 17.4 Å². The van der Waals surface area contributed by atoms with Crippen LogP contribution < -0.4 is 4.74 Å². The third kappa shape index (κ3) is 5.35. The second-order valence-corrected chi connectivity index (χ2v) is 11.1. The average molecular weight is 569 g/mol. The fraction of sp³-hybridized carbons (Fsp3) is 0.156. The molecular weight excluding hydrogens is 544 g/mol. The summed E-state index contributed by atoms with van der Waals surface area (Å²) in [6, 6.07) is 27.1. The van der Waals surface area contributed by atoms with Crippen LogP contribution in [-0.2, 0) is 29.2 Å². The van der Waals surface area contributed by atoms with Gasteiger partial charge in [0.2, 0.25) is 5.91 Å². The molecule has 0 aliphatic carbocycles. The molecule has 3 amide bonds. The predicted molar refractivity (Wildman–Crippen MR) is 158 cm³/mol. The highest BCUT2D eigenvalue weighted by atomic mass is 35.5. The number of halogens is 1. The number of carbonyl (C=O) groups excluding carboxylic acids is 3. The summed E-state index contributed by atoms with van der Waals surface area (Å²) in [5.41, 5.74) is 3.97. The van der Waals surface area contributed by atoms with Gasteiger partial charge in [-0.15, -0.1) is 0 Å². The average Bonchev–Trinajstić information content (AvgIpc) is 3.24. The summed E-state index contributed by atoms with van der Waals surface area (Å²) in [5, 5.41) is 2.07. The van der Waals surface area contributed by atoms with E-state index in [0.717, 1.165) is 45.0 Å². The smallest absolute Gasteiger partial charge is 0.294 e. The Morgan fingerprint density at radius 1 is 0.925 bits per heavy atom. The zero-order chi connectivity index (χ0) is 27.6. The van der Waals surface area contributed by atoms with E-state index in [0.29, 0.717) is 36.0 Å². The fourth-order valence-electron chi connectivity index (χ4n) is 5.00. The van der Waals surface area contributed by atoms with Crippen molar-refractivity contribution in [2.75, 3.05) is 13.1 Å². The molecule has 8 heteroatoms. The van der Waals surface area contributed by atoms with Crippen LogP contribution >= 0.6 is 23.4 Å². The van der Waals surface area contributed by atoms with Crippen molar-refractivity contribution in [3.8, 4) is 5.75 Å². The molecule has 40 heavy (non-hydrogen) atoms. The molecule has 4 aromatic carbocycles. The van der Waals surface area contributed by atoms with Crippen LogP contribution in [0, 0.1) is 0 Å². The SMILES string of the molecule is O=C(CN1C(=O)S/C(=C/c2c(OCc3ccc(Cl)cc3)ccc3ccccc23)C1=O)N1CCc2ccccc2C1. The van der Waals surface area contributed by atoms with Gasteiger partial charge in [-0.2, -0.15) is 0 Å². The molecule has 0 spiro atoms. The summed E-state index contributed by atoms with van der Waals surface area (Å²) in [4.78, 5) is 42.4. The lowest BCUT2D eigenvalue weighted by Gasteiger charge is -2.29. The molecule has 0 bridgehead atoms. The summed E-state index contributed by atoms with van der Waals surface area (Å²) < 4.78 is 6.18. The van der Waals surface area contributed by atoms with Crippen molar-refractivity contribution in [1.29, 1.82) is 0 Å². The lowest BCUT2D eigenvalue weighted by Crippen LogP contribution is -2.44. The third-order valence-corrected chi connectivity index (χ3v) is 8.32. The number of amides is 3. The number of hydrogen-bond donors (Lipinski definition) is 0. The van der Waals surface area contributed by atoms with Crippen molar-refractivity contribution < 1.29 is 19.1 Å². The van der Waals surface area contributed by atoms with E-state index >= 15 is 0 Å². The number of hydrogen-bond acceptors (Lipinski definition) is 5. The third-order valence-electron chi connectivity index (χ3n) is 7.16. The second-order valence-electron chi connectivity index (χ2n) is 9.72. The van der Waals surface area contributed by atoms with Crippen molar-refractivity contribution in [1.82, 2.24) is 9.80 Å². The molecule has 0 saturated carbocycles. The van der Waals surface area contributed by atoms with E-state index in [1.807, 2.05) is 78.9 Å². The summed E-state index contributed by atoms with van der Waals surface area (Å²) in [7, 11) is 0. The molecular formula is C32H25ClN2O4S. The molecule has 4 aromatic rings. The second kappa shape index (κ2) is 11.2. The zero-order valence-electron chi connectivity index (χ0n) is 21.5. The van der Waals surface area contributed by atoms with Crippen LogP contribution in [-0.4, -0.2) is 39.9 Å². The molecule has 1 saturated heterocycles. The van der Waals surface area contributed by atoms with Gasteiger partial charge >= 0.3 is 0 Å². The molecule has 1 fully saturated rings. The van der Waals surface area contributed by atoms with Gasteiger partial charge in [-0.05, 0) is 69.9 Å². The maximum atomic E-state index is 13.4. The van der Waals surface area contributed by atoms with Crippen LogP contribution in [0.25, 0.3) is 16.8 Å². The maximum Gasteiger partial charge on any atom is 0.294 e. The normalized spacial score (nSPS) is 16.1. The van der Waals surface area contributed by atoms with Crippen molar-refractivity contribution in [2.24, 2.45) is 0 Å². The van der Waals surface area contributed by atoms with Crippen molar-refractivity contribution in [3.05, 3.63) is 117 Å². The highest BCUT2D eigenvalue weighted by molar-refractivity contribution is 8.18. The van der Waals surface area contributed by atoms with Crippen molar-refractivity contribution in [2.45, 2.75) is 19.6 Å². The Bertz CT molecular complexity index is 1670. The number of fused-ring (bicyclic) bond motifs is 2. The number of ether oxygens (including phenoxy) is 1. The van der Waals surface area contributed by atoms with E-state index < -0.39 is 11.1 Å². The Hall–Kier alpha value is -4.07. The summed E-state index contributed by atoms with van der Waals surface area (Å²) in [5.74, 6) is -0.129. The Kier molecular flexibility index (Phi) is 7.32. The number of rotatable bonds is 6. The molecule has 0 N–H and O–H groups in total. The Morgan fingerprint density at radius 2 is 1.68 bits per heavy atom. The Balaban J connectivity index is 1.24. The topological polar surface area (TPSA) is 66.9 Å². The summed E-state index contributed by atoms with van der Waals surface area (Å²) >= 11 is 6.85. The number of thioether (sulfide) groups is 1. The van der Waals surface area contributed by atoms with Crippen LogP contribution in [0.5, 0.6) is 5.75 Å². The number of carbonyl (C=O) groups is 3. The number of imide groups is 1. The molecule has 0 atom stereocenters. The molecule has 2 heterocycles. The van der Waals surface area contributed by atoms with Gasteiger partial charge in [0, 0.05) is 23.7 Å². The lowest BCUT2D eigenvalue weighted by atomic mass is 10.00. The molecule has 0 unspecified atom stereocenters. The van der Waals surface area contributed by atoms with Gasteiger partial charge in [0.05, 0.1) is 4.91 Å². The van der Waals surface area contributed by atoms with Gasteiger partial charge in [-0.25, -0.2) is 0 Å². The molecule has 200 valence electrons. The molecule has 0 radical (unpaired) electrons. The van der Waals surface area contributed by atoms with E-state index in [1.165, 1.54) is 5.56 Å². The molecule has 2 aliphatic rings. The van der Waals surface area contributed by atoms with Gasteiger partial charge < -0.3 is 9.64 Å². The summed E-state index contributed by atoms with van der Waals surface area (Å²) in [6.07, 6.45) is 2.45. The minimum atomic E-state index is -0.475. The van der Waals surface area contributed by atoms with E-state index in [2.05, 4.69) is 6.07 Å². The van der Waals surface area contributed by atoms with Crippen LogP contribution in [0.3, 0.4) is 0 Å². The highest BCUT2D eigenvalue weighted by Gasteiger charge is 2.37.